The van der Waals surface area contributed by atoms with Gasteiger partial charge in [-0.05, 0) is 13.8 Å². The molecule has 0 aromatic rings. The van der Waals surface area contributed by atoms with Gasteiger partial charge in [-0.2, -0.15) is 0 Å². The molecule has 2 heteroatoms. The number of hydrogen-bond acceptors (Lipinski definition) is 2. The molecular weight excluding hydrogens is 128 g/mol. The van der Waals surface area contributed by atoms with Gasteiger partial charge in [0.1, 0.15) is 11.5 Å². The first kappa shape index (κ1) is 12.1. The molecule has 10 heavy (non-hydrogen) atoms. The molecule has 0 aliphatic carbocycles. The summed E-state index contributed by atoms with van der Waals surface area (Å²) in [6, 6.07) is 0. The van der Waals surface area contributed by atoms with Crippen molar-refractivity contribution in [2.75, 3.05) is 14.2 Å². The van der Waals surface area contributed by atoms with Gasteiger partial charge in [-0.25, -0.2) is 0 Å². The zero-order valence-corrected chi connectivity index (χ0v) is 7.82. The van der Waals surface area contributed by atoms with Crippen molar-refractivity contribution >= 4 is 0 Å². The summed E-state index contributed by atoms with van der Waals surface area (Å²) in [6.45, 7) is 7.72. The van der Waals surface area contributed by atoms with Crippen LogP contribution in [0.25, 0.3) is 0 Å². The van der Waals surface area contributed by atoms with Crippen molar-refractivity contribution < 1.29 is 9.47 Å². The van der Waals surface area contributed by atoms with E-state index >= 15 is 0 Å². The fraction of sp³-hybridized carbons (Fsp3) is 0.750. The van der Waals surface area contributed by atoms with Gasteiger partial charge in [0, 0.05) is 0 Å². The second-order valence-electron chi connectivity index (χ2n) is 1.52. The number of ether oxygens (including phenoxy) is 2. The standard InChI is InChI=1S/C6H12O2.C2H6/c1-5(7-3)6(2)8-4;1-2/h1-4H3;1-2H3/b6-5-;. The van der Waals surface area contributed by atoms with Gasteiger partial charge < -0.3 is 9.47 Å². The van der Waals surface area contributed by atoms with Crippen molar-refractivity contribution in [3.8, 4) is 0 Å². The Kier molecular flexibility index (Phi) is 10.1. The van der Waals surface area contributed by atoms with Crippen molar-refractivity contribution in [3.05, 3.63) is 11.5 Å². The van der Waals surface area contributed by atoms with E-state index in [9.17, 15) is 0 Å². The van der Waals surface area contributed by atoms with Gasteiger partial charge in [-0.1, -0.05) is 13.8 Å². The fourth-order valence-electron chi connectivity index (χ4n) is 0.287. The van der Waals surface area contributed by atoms with Crippen LogP contribution in [0.1, 0.15) is 27.7 Å². The zero-order chi connectivity index (χ0) is 8.57. The molecule has 2 nitrogen and oxygen atoms in total. The zero-order valence-electron chi connectivity index (χ0n) is 7.82. The highest BCUT2D eigenvalue weighted by Gasteiger charge is 1.91. The van der Waals surface area contributed by atoms with Crippen molar-refractivity contribution in [1.82, 2.24) is 0 Å². The Morgan fingerprint density at radius 3 is 1.10 bits per heavy atom. The van der Waals surface area contributed by atoms with Crippen molar-refractivity contribution in [2.45, 2.75) is 27.7 Å². The molecule has 0 radical (unpaired) electrons. The van der Waals surface area contributed by atoms with Crippen LogP contribution in [0.2, 0.25) is 0 Å². The summed E-state index contributed by atoms with van der Waals surface area (Å²) in [7, 11) is 3.25. The third-order valence-corrected chi connectivity index (χ3v) is 1.11. The smallest absolute Gasteiger partial charge is 0.130 e. The Hall–Kier alpha value is -0.660. The Labute approximate surface area is 63.8 Å². The van der Waals surface area contributed by atoms with Crippen LogP contribution in [0.15, 0.2) is 11.5 Å². The lowest BCUT2D eigenvalue weighted by Crippen LogP contribution is -1.87. The van der Waals surface area contributed by atoms with E-state index in [1.807, 2.05) is 27.7 Å². The molecule has 0 rings (SSSR count). The molecule has 0 aliphatic rings. The van der Waals surface area contributed by atoms with Crippen LogP contribution in [0.3, 0.4) is 0 Å². The first-order valence-corrected chi connectivity index (χ1v) is 3.47. The van der Waals surface area contributed by atoms with E-state index in [0.717, 1.165) is 11.5 Å². The van der Waals surface area contributed by atoms with Crippen LogP contribution in [0.5, 0.6) is 0 Å². The summed E-state index contributed by atoms with van der Waals surface area (Å²) in [6.07, 6.45) is 0. The van der Waals surface area contributed by atoms with Crippen LogP contribution < -0.4 is 0 Å². The maximum atomic E-state index is 4.86. The van der Waals surface area contributed by atoms with Crippen LogP contribution in [-0.2, 0) is 9.47 Å². The number of rotatable bonds is 2. The lowest BCUT2D eigenvalue weighted by Gasteiger charge is -2.02. The predicted octanol–water partition coefficient (Wildman–Crippen LogP) is 2.56. The fourth-order valence-corrected chi connectivity index (χ4v) is 0.287. The van der Waals surface area contributed by atoms with E-state index in [1.54, 1.807) is 14.2 Å². The van der Waals surface area contributed by atoms with Gasteiger partial charge in [-0.3, -0.25) is 0 Å². The summed E-state index contributed by atoms with van der Waals surface area (Å²) in [5, 5.41) is 0. The lowest BCUT2D eigenvalue weighted by molar-refractivity contribution is 0.224. The summed E-state index contributed by atoms with van der Waals surface area (Å²) in [5.41, 5.74) is 0. The quantitative estimate of drug-likeness (QED) is 0.557. The van der Waals surface area contributed by atoms with Crippen LogP contribution in [0, 0.1) is 0 Å². The predicted molar refractivity (Wildman–Crippen MR) is 43.7 cm³/mol. The molecule has 62 valence electrons. The third-order valence-electron chi connectivity index (χ3n) is 1.11. The van der Waals surface area contributed by atoms with Crippen molar-refractivity contribution in [1.29, 1.82) is 0 Å². The van der Waals surface area contributed by atoms with Crippen LogP contribution in [0.4, 0.5) is 0 Å². The number of allylic oxidation sites excluding steroid dienone is 2. The Morgan fingerprint density at radius 2 is 1.00 bits per heavy atom. The minimum Gasteiger partial charge on any atom is -0.498 e. The van der Waals surface area contributed by atoms with Gasteiger partial charge in [0.2, 0.25) is 0 Å². The maximum absolute atomic E-state index is 4.86. The van der Waals surface area contributed by atoms with Crippen LogP contribution >= 0.6 is 0 Å². The Bertz CT molecular complexity index is 83.4. The Balaban J connectivity index is 0. The van der Waals surface area contributed by atoms with Crippen LogP contribution in [-0.4, -0.2) is 14.2 Å². The van der Waals surface area contributed by atoms with E-state index in [1.165, 1.54) is 0 Å². The summed E-state index contributed by atoms with van der Waals surface area (Å²) in [5.74, 6) is 1.65. The molecule has 0 fully saturated rings. The molecule has 0 aromatic carbocycles. The summed E-state index contributed by atoms with van der Waals surface area (Å²) < 4.78 is 9.71. The monoisotopic (exact) mass is 146 g/mol. The molecule has 0 atom stereocenters. The second-order valence-corrected chi connectivity index (χ2v) is 1.52. The Morgan fingerprint density at radius 1 is 0.800 bits per heavy atom. The average Bonchev–Trinajstić information content (AvgIpc) is 2.05. The van der Waals surface area contributed by atoms with Gasteiger partial charge in [0.15, 0.2) is 0 Å². The second kappa shape index (κ2) is 8.34. The number of hydrogen-bond donors (Lipinski definition) is 0. The van der Waals surface area contributed by atoms with Crippen molar-refractivity contribution in [2.24, 2.45) is 0 Å². The van der Waals surface area contributed by atoms with Gasteiger partial charge >= 0.3 is 0 Å². The van der Waals surface area contributed by atoms with E-state index in [4.69, 9.17) is 9.47 Å². The van der Waals surface area contributed by atoms with Gasteiger partial charge in [-0.15, -0.1) is 0 Å². The average molecular weight is 146 g/mol. The lowest BCUT2D eigenvalue weighted by atomic mass is 10.5. The molecule has 0 aromatic heterocycles. The molecule has 0 aliphatic heterocycles. The SMILES string of the molecule is CC.CO/C(C)=C(/C)OC. The molecular formula is C8H18O2. The highest BCUT2D eigenvalue weighted by Crippen LogP contribution is 2.02. The first-order chi connectivity index (χ1) is 4.72. The number of methoxy groups -OCH3 is 2. The van der Waals surface area contributed by atoms with E-state index < -0.39 is 0 Å². The molecule has 0 amide bonds. The van der Waals surface area contributed by atoms with Crippen molar-refractivity contribution in [3.63, 3.8) is 0 Å². The molecule has 0 unspecified atom stereocenters. The minimum absolute atomic E-state index is 0.826. The first-order valence-electron chi connectivity index (χ1n) is 3.47. The van der Waals surface area contributed by atoms with E-state index in [2.05, 4.69) is 0 Å². The van der Waals surface area contributed by atoms with Gasteiger partial charge in [0.25, 0.3) is 0 Å². The molecule has 0 heterocycles. The molecule has 0 saturated heterocycles. The summed E-state index contributed by atoms with van der Waals surface area (Å²) >= 11 is 0. The molecule has 0 saturated carbocycles. The highest BCUT2D eigenvalue weighted by molar-refractivity contribution is 4.93. The molecule has 0 N–H and O–H groups in total. The normalized spacial score (nSPS) is 10.6. The van der Waals surface area contributed by atoms with E-state index in [0.29, 0.717) is 0 Å². The maximum Gasteiger partial charge on any atom is 0.130 e. The largest absolute Gasteiger partial charge is 0.498 e. The molecule has 0 spiro atoms. The topological polar surface area (TPSA) is 18.5 Å². The van der Waals surface area contributed by atoms with E-state index in [-0.39, 0.29) is 0 Å². The highest BCUT2D eigenvalue weighted by atomic mass is 16.5. The van der Waals surface area contributed by atoms with Gasteiger partial charge in [0.05, 0.1) is 14.2 Å². The molecule has 0 bridgehead atoms. The summed E-state index contributed by atoms with van der Waals surface area (Å²) in [4.78, 5) is 0. The third kappa shape index (κ3) is 5.48. The minimum atomic E-state index is 0.826.